The summed E-state index contributed by atoms with van der Waals surface area (Å²) in [6.07, 6.45) is 6.65. The molecule has 3 aromatic rings. The van der Waals surface area contributed by atoms with Gasteiger partial charge in [-0.15, -0.1) is 0 Å². The van der Waals surface area contributed by atoms with Gasteiger partial charge in [0.2, 0.25) is 5.91 Å². The number of anilines is 1. The van der Waals surface area contributed by atoms with Crippen LogP contribution in [0.25, 0.3) is 6.08 Å². The Bertz CT molecular complexity index is 913. The highest BCUT2D eigenvalue weighted by atomic mass is 16.5. The number of hydrogen-bond acceptors (Lipinski definition) is 5. The van der Waals surface area contributed by atoms with Gasteiger partial charge in [0.1, 0.15) is 11.5 Å². The number of methoxy groups -OCH3 is 2. The van der Waals surface area contributed by atoms with Crippen molar-refractivity contribution >= 4 is 17.8 Å². The maximum Gasteiger partial charge on any atom is 0.249 e. The number of hydrogen-bond donors (Lipinski definition) is 1. The minimum Gasteiger partial charge on any atom is -0.497 e. The Morgan fingerprint density at radius 1 is 1.15 bits per heavy atom. The predicted molar refractivity (Wildman–Crippen MR) is 103 cm³/mol. The van der Waals surface area contributed by atoms with E-state index in [4.69, 9.17) is 9.47 Å². The molecule has 27 heavy (non-hydrogen) atoms. The summed E-state index contributed by atoms with van der Waals surface area (Å²) in [5, 5.41) is 7.06. The molecular weight excluding hydrogens is 344 g/mol. The second kappa shape index (κ2) is 8.66. The fourth-order valence-electron chi connectivity index (χ4n) is 2.44. The zero-order valence-electron chi connectivity index (χ0n) is 15.1. The van der Waals surface area contributed by atoms with Crippen LogP contribution in [0.4, 0.5) is 5.82 Å². The zero-order chi connectivity index (χ0) is 19.1. The van der Waals surface area contributed by atoms with Crippen molar-refractivity contribution < 1.29 is 14.3 Å². The van der Waals surface area contributed by atoms with Gasteiger partial charge < -0.3 is 14.8 Å². The van der Waals surface area contributed by atoms with E-state index in [1.807, 2.05) is 30.3 Å². The third-order valence-corrected chi connectivity index (χ3v) is 3.74. The van der Waals surface area contributed by atoms with Crippen LogP contribution in [0.15, 0.2) is 60.9 Å². The van der Waals surface area contributed by atoms with E-state index in [1.165, 1.54) is 6.08 Å². The Labute approximate surface area is 157 Å². The molecule has 0 saturated carbocycles. The minimum absolute atomic E-state index is 0.278. The van der Waals surface area contributed by atoms with Gasteiger partial charge >= 0.3 is 0 Å². The van der Waals surface area contributed by atoms with Gasteiger partial charge in [-0.25, -0.2) is 0 Å². The fourth-order valence-corrected chi connectivity index (χ4v) is 2.44. The van der Waals surface area contributed by atoms with Crippen molar-refractivity contribution in [2.75, 3.05) is 19.5 Å². The summed E-state index contributed by atoms with van der Waals surface area (Å²) in [5.74, 6) is 1.51. The summed E-state index contributed by atoms with van der Waals surface area (Å²) < 4.78 is 12.2. The van der Waals surface area contributed by atoms with Crippen LogP contribution in [-0.2, 0) is 11.3 Å². The Kier molecular flexibility index (Phi) is 5.84. The van der Waals surface area contributed by atoms with Crippen LogP contribution in [0.5, 0.6) is 11.5 Å². The molecule has 7 nitrogen and oxygen atoms in total. The molecule has 0 saturated heterocycles. The predicted octanol–water partition coefficient (Wildman–Crippen LogP) is 3.00. The number of benzene rings is 1. The van der Waals surface area contributed by atoms with Crippen LogP contribution in [0, 0.1) is 0 Å². The first-order valence-corrected chi connectivity index (χ1v) is 8.32. The molecule has 0 bridgehead atoms. The summed E-state index contributed by atoms with van der Waals surface area (Å²) in [6, 6.07) is 12.8. The molecule has 2 heterocycles. The zero-order valence-corrected chi connectivity index (χ0v) is 15.1. The van der Waals surface area contributed by atoms with Gasteiger partial charge in [-0.3, -0.25) is 14.5 Å². The number of carbonyl (C=O) groups excluding carboxylic acids is 1. The van der Waals surface area contributed by atoms with E-state index in [0.717, 1.165) is 11.3 Å². The molecule has 0 aliphatic heterocycles. The number of nitrogens with zero attached hydrogens (tertiary/aromatic N) is 3. The largest absolute Gasteiger partial charge is 0.497 e. The first-order valence-electron chi connectivity index (χ1n) is 8.32. The molecule has 0 atom stereocenters. The molecule has 138 valence electrons. The molecule has 2 aromatic heterocycles. The third kappa shape index (κ3) is 5.18. The highest BCUT2D eigenvalue weighted by Gasteiger charge is 2.04. The van der Waals surface area contributed by atoms with Gasteiger partial charge in [-0.1, -0.05) is 6.07 Å². The Morgan fingerprint density at radius 2 is 1.93 bits per heavy atom. The SMILES string of the molecule is COc1cc(/C=C/C(=O)Nc2ccn(Cc3ccccn3)n2)cc(OC)c1. The van der Waals surface area contributed by atoms with Crippen LogP contribution in [0.3, 0.4) is 0 Å². The smallest absolute Gasteiger partial charge is 0.249 e. The Hall–Kier alpha value is -3.61. The van der Waals surface area contributed by atoms with Gasteiger partial charge in [-0.05, 0) is 35.9 Å². The summed E-state index contributed by atoms with van der Waals surface area (Å²) in [7, 11) is 3.16. The van der Waals surface area contributed by atoms with Gasteiger partial charge in [-0.2, -0.15) is 5.10 Å². The van der Waals surface area contributed by atoms with Gasteiger partial charge in [0.15, 0.2) is 5.82 Å². The van der Waals surface area contributed by atoms with Crippen molar-refractivity contribution in [3.8, 4) is 11.5 Å². The number of aromatic nitrogens is 3. The molecule has 1 amide bonds. The standard InChI is InChI=1S/C20H20N4O3/c1-26-17-11-15(12-18(13-17)27-2)6-7-20(25)22-19-8-10-24(23-19)14-16-5-3-4-9-21-16/h3-13H,14H2,1-2H3,(H,22,23,25)/b7-6+. The number of carbonyl (C=O) groups is 1. The van der Waals surface area contributed by atoms with E-state index in [-0.39, 0.29) is 5.91 Å². The van der Waals surface area contributed by atoms with Gasteiger partial charge in [0.05, 0.1) is 26.5 Å². The monoisotopic (exact) mass is 364 g/mol. The summed E-state index contributed by atoms with van der Waals surface area (Å²) in [4.78, 5) is 16.4. The van der Waals surface area contributed by atoms with E-state index < -0.39 is 0 Å². The van der Waals surface area contributed by atoms with E-state index in [9.17, 15) is 4.79 Å². The van der Waals surface area contributed by atoms with E-state index >= 15 is 0 Å². The normalized spacial score (nSPS) is 10.7. The lowest BCUT2D eigenvalue weighted by atomic mass is 10.2. The minimum atomic E-state index is -0.278. The maximum atomic E-state index is 12.1. The van der Waals surface area contributed by atoms with E-state index in [1.54, 1.807) is 49.5 Å². The topological polar surface area (TPSA) is 78.3 Å². The molecule has 3 rings (SSSR count). The van der Waals surface area contributed by atoms with Crippen LogP contribution in [-0.4, -0.2) is 34.9 Å². The lowest BCUT2D eigenvalue weighted by Gasteiger charge is -2.05. The molecule has 0 aliphatic carbocycles. The number of pyridine rings is 1. The number of rotatable bonds is 7. The fraction of sp³-hybridized carbons (Fsp3) is 0.150. The molecule has 0 unspecified atom stereocenters. The summed E-state index contributed by atoms with van der Waals surface area (Å²) >= 11 is 0. The van der Waals surface area contributed by atoms with Crippen molar-refractivity contribution in [3.05, 3.63) is 72.2 Å². The lowest BCUT2D eigenvalue weighted by molar-refractivity contribution is -0.111. The van der Waals surface area contributed by atoms with Gasteiger partial charge in [0, 0.05) is 30.6 Å². The maximum absolute atomic E-state index is 12.1. The van der Waals surface area contributed by atoms with Crippen LogP contribution in [0.2, 0.25) is 0 Å². The third-order valence-electron chi connectivity index (χ3n) is 3.74. The quantitative estimate of drug-likeness (QED) is 0.652. The van der Waals surface area contributed by atoms with Crippen LogP contribution >= 0.6 is 0 Å². The highest BCUT2D eigenvalue weighted by molar-refractivity contribution is 6.01. The summed E-state index contributed by atoms with van der Waals surface area (Å²) in [6.45, 7) is 0.538. The second-order valence-corrected chi connectivity index (χ2v) is 5.69. The van der Waals surface area contributed by atoms with Crippen molar-refractivity contribution in [1.29, 1.82) is 0 Å². The highest BCUT2D eigenvalue weighted by Crippen LogP contribution is 2.23. The van der Waals surface area contributed by atoms with Gasteiger partial charge in [0.25, 0.3) is 0 Å². The van der Waals surface area contributed by atoms with E-state index in [0.29, 0.717) is 23.9 Å². The van der Waals surface area contributed by atoms with Crippen LogP contribution < -0.4 is 14.8 Å². The number of nitrogens with one attached hydrogen (secondary N) is 1. The molecule has 0 fully saturated rings. The van der Waals surface area contributed by atoms with Crippen molar-refractivity contribution in [2.45, 2.75) is 6.54 Å². The lowest BCUT2D eigenvalue weighted by Crippen LogP contribution is -2.09. The van der Waals surface area contributed by atoms with Crippen molar-refractivity contribution in [1.82, 2.24) is 14.8 Å². The number of amides is 1. The van der Waals surface area contributed by atoms with Crippen molar-refractivity contribution in [2.24, 2.45) is 0 Å². The Balaban J connectivity index is 1.62. The van der Waals surface area contributed by atoms with E-state index in [2.05, 4.69) is 15.4 Å². The molecule has 0 spiro atoms. The Morgan fingerprint density at radius 3 is 2.59 bits per heavy atom. The van der Waals surface area contributed by atoms with Crippen molar-refractivity contribution in [3.63, 3.8) is 0 Å². The first-order chi connectivity index (χ1) is 13.2. The molecular formula is C20H20N4O3. The second-order valence-electron chi connectivity index (χ2n) is 5.69. The average Bonchev–Trinajstić information content (AvgIpc) is 3.13. The van der Waals surface area contributed by atoms with Crippen LogP contribution in [0.1, 0.15) is 11.3 Å². The summed E-state index contributed by atoms with van der Waals surface area (Å²) in [5.41, 5.74) is 1.69. The molecule has 0 aliphatic rings. The molecule has 1 N–H and O–H groups in total. The first kappa shape index (κ1) is 18.2. The molecule has 7 heteroatoms. The molecule has 0 radical (unpaired) electrons. The average molecular weight is 364 g/mol. The molecule has 1 aromatic carbocycles. The number of ether oxygens (including phenoxy) is 2.